The van der Waals surface area contributed by atoms with Crippen LogP contribution in [0.3, 0.4) is 0 Å². The lowest BCUT2D eigenvalue weighted by atomic mass is 9.83. The van der Waals surface area contributed by atoms with Gasteiger partial charge in [0.05, 0.1) is 5.56 Å². The van der Waals surface area contributed by atoms with Crippen LogP contribution >= 0.6 is 11.3 Å². The number of carboxylic acids is 1. The Morgan fingerprint density at radius 3 is 2.22 bits per heavy atom. The van der Waals surface area contributed by atoms with Crippen molar-refractivity contribution in [3.63, 3.8) is 0 Å². The summed E-state index contributed by atoms with van der Waals surface area (Å²) in [4.78, 5) is 26.0. The molecule has 2 aliphatic rings. The molecule has 5 nitrogen and oxygen atoms in total. The fourth-order valence-corrected chi connectivity index (χ4v) is 6.94. The zero-order valence-electron chi connectivity index (χ0n) is 19.6. The number of benzene rings is 3. The summed E-state index contributed by atoms with van der Waals surface area (Å²) in [6, 6.07) is 26.7. The average molecular weight is 496 g/mol. The molecule has 1 aromatic heterocycles. The number of carbonyl (C=O) groups excluding carboxylic acids is 1. The molecule has 1 unspecified atom stereocenters. The molecule has 1 heterocycles. The lowest BCUT2D eigenvalue weighted by molar-refractivity contribution is 0.0697. The SMILES string of the molecule is O=C(Nc1sc2c(c1C(=O)O)CCC(c1ccccc1)C2)OCC1c2ccccc2-c2ccccc21. The molecule has 0 spiro atoms. The number of anilines is 1. The normalized spacial score (nSPS) is 16.1. The van der Waals surface area contributed by atoms with E-state index in [0.717, 1.165) is 45.5 Å². The average Bonchev–Trinajstić information content (AvgIpc) is 3.42. The van der Waals surface area contributed by atoms with Crippen molar-refractivity contribution in [3.8, 4) is 11.1 Å². The summed E-state index contributed by atoms with van der Waals surface area (Å²) >= 11 is 1.36. The number of ether oxygens (including phenoxy) is 1. The summed E-state index contributed by atoms with van der Waals surface area (Å²) in [6.07, 6.45) is 1.71. The molecule has 6 heteroatoms. The second-order valence-corrected chi connectivity index (χ2v) is 10.4. The molecule has 0 aliphatic heterocycles. The molecule has 2 aliphatic carbocycles. The van der Waals surface area contributed by atoms with Gasteiger partial charge in [-0.1, -0.05) is 78.9 Å². The number of thiophene rings is 1. The first-order valence-corrected chi connectivity index (χ1v) is 13.0. The van der Waals surface area contributed by atoms with Gasteiger partial charge in [-0.15, -0.1) is 11.3 Å². The van der Waals surface area contributed by atoms with Crippen molar-refractivity contribution < 1.29 is 19.4 Å². The summed E-state index contributed by atoms with van der Waals surface area (Å²) in [5.74, 6) is -0.717. The van der Waals surface area contributed by atoms with Crippen LogP contribution in [0, 0.1) is 0 Å². The molecular weight excluding hydrogens is 470 g/mol. The fourth-order valence-electron chi connectivity index (χ4n) is 5.64. The second kappa shape index (κ2) is 9.28. The standard InChI is InChI=1S/C30H25NO4S/c32-29(33)27-24-15-14-19(18-8-2-1-3-9-18)16-26(24)36-28(27)31-30(34)35-17-25-22-12-6-4-10-20(22)21-11-5-7-13-23(21)25/h1-13,19,25H,14-17H2,(H,31,34)(H,32,33). The maximum absolute atomic E-state index is 12.8. The Morgan fingerprint density at radius 2 is 1.56 bits per heavy atom. The van der Waals surface area contributed by atoms with Crippen LogP contribution < -0.4 is 5.32 Å². The van der Waals surface area contributed by atoms with Crippen molar-refractivity contribution in [3.05, 3.63) is 112 Å². The molecular formula is C30H25NO4S. The monoisotopic (exact) mass is 495 g/mol. The van der Waals surface area contributed by atoms with Crippen molar-refractivity contribution in [2.24, 2.45) is 0 Å². The highest BCUT2D eigenvalue weighted by atomic mass is 32.1. The molecule has 2 N–H and O–H groups in total. The quantitative estimate of drug-likeness (QED) is 0.310. The number of nitrogens with one attached hydrogen (secondary N) is 1. The minimum Gasteiger partial charge on any atom is -0.478 e. The number of aromatic carboxylic acids is 1. The van der Waals surface area contributed by atoms with E-state index < -0.39 is 12.1 Å². The van der Waals surface area contributed by atoms with E-state index in [1.807, 2.05) is 42.5 Å². The first-order valence-electron chi connectivity index (χ1n) is 12.1. The molecule has 0 fully saturated rings. The number of carbonyl (C=O) groups is 2. The van der Waals surface area contributed by atoms with Gasteiger partial charge in [0.15, 0.2) is 0 Å². The maximum Gasteiger partial charge on any atom is 0.412 e. The van der Waals surface area contributed by atoms with Crippen LogP contribution in [0.5, 0.6) is 0 Å². The lowest BCUT2D eigenvalue weighted by Crippen LogP contribution is -2.19. The zero-order chi connectivity index (χ0) is 24.6. The van der Waals surface area contributed by atoms with Gasteiger partial charge in [-0.05, 0) is 58.6 Å². The van der Waals surface area contributed by atoms with Gasteiger partial charge in [0.2, 0.25) is 0 Å². The largest absolute Gasteiger partial charge is 0.478 e. The molecule has 1 atom stereocenters. The van der Waals surface area contributed by atoms with E-state index in [4.69, 9.17) is 4.74 Å². The third-order valence-corrected chi connectivity index (χ3v) is 8.48. The summed E-state index contributed by atoms with van der Waals surface area (Å²) < 4.78 is 5.66. The summed E-state index contributed by atoms with van der Waals surface area (Å²) in [6.45, 7) is 0.184. The van der Waals surface area contributed by atoms with Gasteiger partial charge in [-0.2, -0.15) is 0 Å². The predicted octanol–water partition coefficient (Wildman–Crippen LogP) is 7.08. The van der Waals surface area contributed by atoms with Gasteiger partial charge >= 0.3 is 12.1 Å². The first kappa shape index (κ1) is 22.6. The molecule has 1 amide bonds. The van der Waals surface area contributed by atoms with Crippen LogP contribution in [0.1, 0.15) is 55.7 Å². The Balaban J connectivity index is 1.19. The van der Waals surface area contributed by atoms with Gasteiger partial charge in [0.25, 0.3) is 0 Å². The van der Waals surface area contributed by atoms with Gasteiger partial charge in [-0.25, -0.2) is 9.59 Å². The van der Waals surface area contributed by atoms with Crippen LogP contribution in [-0.2, 0) is 17.6 Å². The Morgan fingerprint density at radius 1 is 0.917 bits per heavy atom. The van der Waals surface area contributed by atoms with Gasteiger partial charge in [0.1, 0.15) is 11.6 Å². The minimum atomic E-state index is -1.01. The van der Waals surface area contributed by atoms with E-state index in [-0.39, 0.29) is 18.1 Å². The maximum atomic E-state index is 12.8. The molecule has 0 bridgehead atoms. The van der Waals surface area contributed by atoms with E-state index in [2.05, 4.69) is 41.7 Å². The van der Waals surface area contributed by atoms with Crippen molar-refractivity contribution >= 4 is 28.4 Å². The molecule has 0 saturated carbocycles. The molecule has 36 heavy (non-hydrogen) atoms. The van der Waals surface area contributed by atoms with Crippen molar-refractivity contribution in [1.29, 1.82) is 0 Å². The third kappa shape index (κ3) is 3.97. The second-order valence-electron chi connectivity index (χ2n) is 9.31. The molecule has 0 saturated heterocycles. The number of carboxylic acid groups (broad SMARTS) is 1. The number of amides is 1. The number of rotatable bonds is 5. The Hall–Kier alpha value is -3.90. The van der Waals surface area contributed by atoms with Crippen LogP contribution in [0.15, 0.2) is 78.9 Å². The van der Waals surface area contributed by atoms with Gasteiger partial charge in [0, 0.05) is 10.8 Å². The summed E-state index contributed by atoms with van der Waals surface area (Å²) in [5.41, 5.74) is 6.90. The molecule has 0 radical (unpaired) electrons. The van der Waals surface area contributed by atoms with Crippen LogP contribution in [-0.4, -0.2) is 23.8 Å². The lowest BCUT2D eigenvalue weighted by Gasteiger charge is -2.22. The first-order chi connectivity index (χ1) is 17.6. The smallest absolute Gasteiger partial charge is 0.412 e. The van der Waals surface area contributed by atoms with E-state index >= 15 is 0 Å². The molecule has 4 aromatic rings. The van der Waals surface area contributed by atoms with Crippen molar-refractivity contribution in [1.82, 2.24) is 0 Å². The predicted molar refractivity (Wildman–Crippen MR) is 141 cm³/mol. The highest BCUT2D eigenvalue weighted by Crippen LogP contribution is 2.45. The Labute approximate surface area is 213 Å². The Bertz CT molecular complexity index is 1410. The highest BCUT2D eigenvalue weighted by molar-refractivity contribution is 7.17. The van der Waals surface area contributed by atoms with Gasteiger partial charge < -0.3 is 9.84 Å². The number of fused-ring (bicyclic) bond motifs is 4. The topological polar surface area (TPSA) is 75.6 Å². The summed E-state index contributed by atoms with van der Waals surface area (Å²) in [7, 11) is 0. The van der Waals surface area contributed by atoms with E-state index in [9.17, 15) is 14.7 Å². The fraction of sp³-hybridized carbons (Fsp3) is 0.200. The van der Waals surface area contributed by atoms with Crippen LogP contribution in [0.4, 0.5) is 9.80 Å². The van der Waals surface area contributed by atoms with E-state index in [1.165, 1.54) is 16.9 Å². The van der Waals surface area contributed by atoms with Crippen molar-refractivity contribution in [2.45, 2.75) is 31.1 Å². The van der Waals surface area contributed by atoms with Crippen molar-refractivity contribution in [2.75, 3.05) is 11.9 Å². The van der Waals surface area contributed by atoms with E-state index in [0.29, 0.717) is 17.3 Å². The number of hydrogen-bond acceptors (Lipinski definition) is 4. The summed E-state index contributed by atoms with van der Waals surface area (Å²) in [5, 5.41) is 13.1. The molecule has 180 valence electrons. The number of hydrogen-bond donors (Lipinski definition) is 2. The van der Waals surface area contributed by atoms with Crippen LogP contribution in [0.2, 0.25) is 0 Å². The van der Waals surface area contributed by atoms with Gasteiger partial charge in [-0.3, -0.25) is 5.32 Å². The zero-order valence-corrected chi connectivity index (χ0v) is 20.4. The van der Waals surface area contributed by atoms with Crippen LogP contribution in [0.25, 0.3) is 11.1 Å². The Kier molecular flexibility index (Phi) is 5.82. The van der Waals surface area contributed by atoms with E-state index in [1.54, 1.807) is 0 Å². The minimum absolute atomic E-state index is 0.0507. The highest BCUT2D eigenvalue weighted by Gasteiger charge is 2.32. The third-order valence-electron chi connectivity index (χ3n) is 7.31. The molecule has 3 aromatic carbocycles. The molecule has 6 rings (SSSR count).